The molecule has 1 aromatic carbocycles. The smallest absolute Gasteiger partial charge is 0.324 e. The summed E-state index contributed by atoms with van der Waals surface area (Å²) in [5.41, 5.74) is 6.23. The van der Waals surface area contributed by atoms with Crippen LogP contribution in [0.5, 0.6) is 5.75 Å². The standard InChI is InChI=1S/C12H15N3O3/c13-9-2-4-10(5-3-9)18-7-1-6-15-11(16)8-14-12(15)17/h2-5H,1,6-8,13H2,(H,14,17). The second kappa shape index (κ2) is 5.39. The molecule has 18 heavy (non-hydrogen) atoms. The maximum absolute atomic E-state index is 11.3. The van der Waals surface area contributed by atoms with Gasteiger partial charge in [-0.15, -0.1) is 0 Å². The molecular weight excluding hydrogens is 234 g/mol. The summed E-state index contributed by atoms with van der Waals surface area (Å²) in [7, 11) is 0. The number of anilines is 1. The van der Waals surface area contributed by atoms with E-state index in [9.17, 15) is 9.59 Å². The monoisotopic (exact) mass is 249 g/mol. The van der Waals surface area contributed by atoms with Crippen LogP contribution in [0.1, 0.15) is 6.42 Å². The van der Waals surface area contributed by atoms with Gasteiger partial charge in [0.25, 0.3) is 0 Å². The van der Waals surface area contributed by atoms with Crippen molar-refractivity contribution in [1.82, 2.24) is 10.2 Å². The Hall–Kier alpha value is -2.24. The van der Waals surface area contributed by atoms with E-state index in [0.717, 1.165) is 5.75 Å². The Bertz CT molecular complexity index is 428. The second-order valence-corrected chi connectivity index (χ2v) is 3.98. The van der Waals surface area contributed by atoms with Crippen molar-refractivity contribution in [3.05, 3.63) is 24.3 Å². The number of rotatable bonds is 5. The fourth-order valence-electron chi connectivity index (χ4n) is 1.66. The highest BCUT2D eigenvalue weighted by atomic mass is 16.5. The van der Waals surface area contributed by atoms with Crippen LogP contribution < -0.4 is 15.8 Å². The Balaban J connectivity index is 1.71. The molecule has 0 spiro atoms. The minimum absolute atomic E-state index is 0.0949. The van der Waals surface area contributed by atoms with Gasteiger partial charge in [0, 0.05) is 12.2 Å². The highest BCUT2D eigenvalue weighted by molar-refractivity contribution is 6.01. The summed E-state index contributed by atoms with van der Waals surface area (Å²) in [6.07, 6.45) is 0.601. The van der Waals surface area contributed by atoms with E-state index in [1.54, 1.807) is 24.3 Å². The summed E-state index contributed by atoms with van der Waals surface area (Å²) >= 11 is 0. The molecule has 0 bridgehead atoms. The minimum Gasteiger partial charge on any atom is -0.494 e. The van der Waals surface area contributed by atoms with Crippen LogP contribution in [0.4, 0.5) is 10.5 Å². The largest absolute Gasteiger partial charge is 0.494 e. The molecule has 0 saturated carbocycles. The first-order chi connectivity index (χ1) is 8.66. The number of hydrogen-bond acceptors (Lipinski definition) is 4. The van der Waals surface area contributed by atoms with Gasteiger partial charge in [0.15, 0.2) is 0 Å². The molecule has 1 saturated heterocycles. The zero-order valence-corrected chi connectivity index (χ0v) is 9.89. The minimum atomic E-state index is -0.326. The van der Waals surface area contributed by atoms with E-state index in [1.165, 1.54) is 4.90 Å². The van der Waals surface area contributed by atoms with Gasteiger partial charge in [-0.05, 0) is 30.7 Å². The van der Waals surface area contributed by atoms with Crippen molar-refractivity contribution < 1.29 is 14.3 Å². The summed E-state index contributed by atoms with van der Waals surface area (Å²) in [5, 5.41) is 2.47. The summed E-state index contributed by atoms with van der Waals surface area (Å²) in [6, 6.07) is 6.75. The summed E-state index contributed by atoms with van der Waals surface area (Å²) in [4.78, 5) is 23.7. The van der Waals surface area contributed by atoms with Crippen LogP contribution in [0, 0.1) is 0 Å². The van der Waals surface area contributed by atoms with Gasteiger partial charge in [-0.1, -0.05) is 0 Å². The quantitative estimate of drug-likeness (QED) is 0.454. The lowest BCUT2D eigenvalue weighted by Gasteiger charge is -2.12. The molecule has 1 aromatic rings. The highest BCUT2D eigenvalue weighted by Gasteiger charge is 2.27. The third kappa shape index (κ3) is 2.91. The first-order valence-electron chi connectivity index (χ1n) is 5.73. The van der Waals surface area contributed by atoms with Gasteiger partial charge in [-0.2, -0.15) is 0 Å². The van der Waals surface area contributed by atoms with Crippen LogP contribution in [0.25, 0.3) is 0 Å². The molecule has 0 aliphatic carbocycles. The number of amides is 3. The molecular formula is C12H15N3O3. The van der Waals surface area contributed by atoms with Crippen LogP contribution in [-0.2, 0) is 4.79 Å². The van der Waals surface area contributed by atoms with E-state index < -0.39 is 0 Å². The molecule has 0 unspecified atom stereocenters. The van der Waals surface area contributed by atoms with Crippen molar-refractivity contribution >= 4 is 17.6 Å². The summed E-state index contributed by atoms with van der Waals surface area (Å²) in [6.45, 7) is 0.915. The molecule has 2 rings (SSSR count). The molecule has 0 radical (unpaired) electrons. The number of nitrogen functional groups attached to an aromatic ring is 1. The maximum atomic E-state index is 11.3. The van der Waals surface area contributed by atoms with Crippen molar-refractivity contribution in [2.24, 2.45) is 0 Å². The first kappa shape index (κ1) is 12.2. The fourth-order valence-corrected chi connectivity index (χ4v) is 1.66. The van der Waals surface area contributed by atoms with Gasteiger partial charge in [0.2, 0.25) is 5.91 Å². The zero-order valence-electron chi connectivity index (χ0n) is 9.89. The van der Waals surface area contributed by atoms with Crippen molar-refractivity contribution in [2.75, 3.05) is 25.4 Å². The van der Waals surface area contributed by atoms with Gasteiger partial charge in [0.1, 0.15) is 5.75 Å². The molecule has 1 fully saturated rings. The predicted molar refractivity (Wildman–Crippen MR) is 66.1 cm³/mol. The number of hydrogen-bond donors (Lipinski definition) is 2. The Morgan fingerprint density at radius 3 is 2.61 bits per heavy atom. The zero-order chi connectivity index (χ0) is 13.0. The average molecular weight is 249 g/mol. The van der Waals surface area contributed by atoms with Crippen LogP contribution >= 0.6 is 0 Å². The number of nitrogens with zero attached hydrogens (tertiary/aromatic N) is 1. The van der Waals surface area contributed by atoms with E-state index in [1.807, 2.05) is 0 Å². The molecule has 0 atom stereocenters. The van der Waals surface area contributed by atoms with E-state index >= 15 is 0 Å². The SMILES string of the molecule is Nc1ccc(OCCCN2C(=O)CNC2=O)cc1. The van der Waals surface area contributed by atoms with Crippen molar-refractivity contribution in [1.29, 1.82) is 0 Å². The number of ether oxygens (including phenoxy) is 1. The lowest BCUT2D eigenvalue weighted by molar-refractivity contribution is -0.125. The number of benzene rings is 1. The van der Waals surface area contributed by atoms with Crippen molar-refractivity contribution in [3.8, 4) is 5.75 Å². The molecule has 1 heterocycles. The van der Waals surface area contributed by atoms with Gasteiger partial charge in [0.05, 0.1) is 13.2 Å². The third-order valence-corrected chi connectivity index (χ3v) is 2.61. The van der Waals surface area contributed by atoms with Crippen LogP contribution in [0.3, 0.4) is 0 Å². The molecule has 3 N–H and O–H groups in total. The second-order valence-electron chi connectivity index (χ2n) is 3.98. The van der Waals surface area contributed by atoms with E-state index in [4.69, 9.17) is 10.5 Å². The molecule has 1 aliphatic heterocycles. The number of carbonyl (C=O) groups excluding carboxylic acids is 2. The number of carbonyl (C=O) groups is 2. The van der Waals surface area contributed by atoms with E-state index in [2.05, 4.69) is 5.32 Å². The first-order valence-corrected chi connectivity index (χ1v) is 5.73. The average Bonchev–Trinajstić information content (AvgIpc) is 2.68. The van der Waals surface area contributed by atoms with Gasteiger partial charge in [-0.3, -0.25) is 9.69 Å². The Morgan fingerprint density at radius 2 is 2.00 bits per heavy atom. The van der Waals surface area contributed by atoms with Gasteiger partial charge < -0.3 is 15.8 Å². The van der Waals surface area contributed by atoms with Crippen LogP contribution in [0.2, 0.25) is 0 Å². The fraction of sp³-hybridized carbons (Fsp3) is 0.333. The van der Waals surface area contributed by atoms with E-state index in [0.29, 0.717) is 25.3 Å². The number of nitrogens with one attached hydrogen (secondary N) is 1. The highest BCUT2D eigenvalue weighted by Crippen LogP contribution is 2.13. The number of nitrogens with two attached hydrogens (primary N) is 1. The molecule has 96 valence electrons. The van der Waals surface area contributed by atoms with Crippen LogP contribution in [0.15, 0.2) is 24.3 Å². The predicted octanol–water partition coefficient (Wildman–Crippen LogP) is 0.589. The molecule has 6 nitrogen and oxygen atoms in total. The van der Waals surface area contributed by atoms with Gasteiger partial charge in [-0.25, -0.2) is 4.79 Å². The molecule has 3 amide bonds. The topological polar surface area (TPSA) is 84.7 Å². The maximum Gasteiger partial charge on any atom is 0.324 e. The summed E-state index contributed by atoms with van der Waals surface area (Å²) < 4.78 is 5.47. The Kier molecular flexibility index (Phi) is 3.66. The Morgan fingerprint density at radius 1 is 1.28 bits per heavy atom. The van der Waals surface area contributed by atoms with Crippen molar-refractivity contribution in [3.63, 3.8) is 0 Å². The molecule has 6 heteroatoms. The van der Waals surface area contributed by atoms with E-state index in [-0.39, 0.29) is 18.5 Å². The number of imide groups is 1. The lowest BCUT2D eigenvalue weighted by atomic mass is 10.3. The van der Waals surface area contributed by atoms with Gasteiger partial charge >= 0.3 is 6.03 Å². The number of urea groups is 1. The molecule has 0 aromatic heterocycles. The Labute approximate surface area is 105 Å². The normalized spacial score (nSPS) is 14.8. The van der Waals surface area contributed by atoms with Crippen molar-refractivity contribution in [2.45, 2.75) is 6.42 Å². The van der Waals surface area contributed by atoms with Crippen LogP contribution in [-0.4, -0.2) is 36.5 Å². The lowest BCUT2D eigenvalue weighted by Crippen LogP contribution is -2.32. The molecule has 1 aliphatic rings. The summed E-state index contributed by atoms with van der Waals surface area (Å²) in [5.74, 6) is 0.536. The third-order valence-electron chi connectivity index (χ3n) is 2.61.